The van der Waals surface area contributed by atoms with Crippen molar-refractivity contribution >= 4 is 6.29 Å². The molecule has 2 aliphatic carbocycles. The molecule has 124 valence electrons. The molecule has 2 rings (SSSR count). The molecule has 2 aliphatic rings. The van der Waals surface area contributed by atoms with Gasteiger partial charge in [-0.25, -0.2) is 0 Å². The molecule has 1 fully saturated rings. The summed E-state index contributed by atoms with van der Waals surface area (Å²) in [5.41, 5.74) is 3.11. The maximum absolute atomic E-state index is 11.7. The summed E-state index contributed by atoms with van der Waals surface area (Å²) >= 11 is 0. The van der Waals surface area contributed by atoms with Gasteiger partial charge in [-0.2, -0.15) is 0 Å². The van der Waals surface area contributed by atoms with Crippen molar-refractivity contribution in [2.45, 2.75) is 66.2 Å². The van der Waals surface area contributed by atoms with Gasteiger partial charge in [0.25, 0.3) is 0 Å². The van der Waals surface area contributed by atoms with Crippen LogP contribution in [0.1, 0.15) is 66.2 Å². The normalized spacial score (nSPS) is 39.1. The second kappa shape index (κ2) is 6.70. The monoisotopic (exact) mass is 304 g/mol. The van der Waals surface area contributed by atoms with E-state index in [1.165, 1.54) is 23.9 Å². The summed E-state index contributed by atoms with van der Waals surface area (Å²) < 4.78 is 0. The fraction of sp³-hybridized carbons (Fsp3) is 0.750. The summed E-state index contributed by atoms with van der Waals surface area (Å²) in [4.78, 5) is 11.7. The summed E-state index contributed by atoms with van der Waals surface area (Å²) in [6.45, 7) is 9.24. The van der Waals surface area contributed by atoms with Crippen LogP contribution >= 0.6 is 0 Å². The van der Waals surface area contributed by atoms with Crippen molar-refractivity contribution in [3.63, 3.8) is 0 Å². The highest BCUT2D eigenvalue weighted by Crippen LogP contribution is 2.61. The molecule has 0 heterocycles. The molecule has 1 saturated carbocycles. The zero-order valence-corrected chi connectivity index (χ0v) is 14.7. The van der Waals surface area contributed by atoms with Crippen molar-refractivity contribution in [3.8, 4) is 0 Å². The molecule has 0 aromatic heterocycles. The minimum atomic E-state index is 0.0782. The third-order valence-corrected chi connectivity index (χ3v) is 6.86. The van der Waals surface area contributed by atoms with Crippen LogP contribution in [0.5, 0.6) is 0 Å². The first-order chi connectivity index (χ1) is 10.4. The van der Waals surface area contributed by atoms with Crippen molar-refractivity contribution in [1.29, 1.82) is 0 Å². The maximum Gasteiger partial charge on any atom is 0.123 e. The molecule has 4 unspecified atom stereocenters. The number of carbonyl (C=O) groups is 1. The summed E-state index contributed by atoms with van der Waals surface area (Å²) in [7, 11) is 0. The van der Waals surface area contributed by atoms with Crippen LogP contribution in [0.25, 0.3) is 0 Å². The molecule has 1 N–H and O–H groups in total. The molecule has 22 heavy (non-hydrogen) atoms. The molecule has 0 bridgehead atoms. The highest BCUT2D eigenvalue weighted by Gasteiger charge is 2.54. The molecule has 0 saturated heterocycles. The van der Waals surface area contributed by atoms with Crippen molar-refractivity contribution in [2.24, 2.45) is 22.7 Å². The van der Waals surface area contributed by atoms with Gasteiger partial charge in [-0.15, -0.1) is 0 Å². The van der Waals surface area contributed by atoms with Gasteiger partial charge in [0.05, 0.1) is 6.61 Å². The van der Waals surface area contributed by atoms with E-state index in [1.807, 2.05) is 6.08 Å². The molecule has 0 aliphatic heterocycles. The first-order valence-corrected chi connectivity index (χ1v) is 8.77. The highest BCUT2D eigenvalue weighted by molar-refractivity contribution is 5.56. The molecule has 0 aromatic carbocycles. The Morgan fingerprint density at radius 1 is 1.41 bits per heavy atom. The van der Waals surface area contributed by atoms with E-state index in [2.05, 4.69) is 33.8 Å². The van der Waals surface area contributed by atoms with E-state index in [0.717, 1.165) is 32.1 Å². The Morgan fingerprint density at radius 3 is 2.77 bits per heavy atom. The van der Waals surface area contributed by atoms with Gasteiger partial charge < -0.3 is 9.90 Å². The Labute approximate surface area is 135 Å². The van der Waals surface area contributed by atoms with E-state index in [9.17, 15) is 4.79 Å². The molecule has 0 spiro atoms. The largest absolute Gasteiger partial charge is 0.392 e. The Kier molecular flexibility index (Phi) is 5.32. The lowest BCUT2D eigenvalue weighted by molar-refractivity contribution is -0.124. The number of hydrogen-bond acceptors (Lipinski definition) is 2. The lowest BCUT2D eigenvalue weighted by Crippen LogP contribution is -2.50. The average molecular weight is 304 g/mol. The fourth-order valence-electron chi connectivity index (χ4n) is 5.07. The summed E-state index contributed by atoms with van der Waals surface area (Å²) in [5.74, 6) is 0.772. The van der Waals surface area contributed by atoms with Crippen molar-refractivity contribution < 1.29 is 9.90 Å². The van der Waals surface area contributed by atoms with Crippen molar-refractivity contribution in [2.75, 3.05) is 6.61 Å². The molecule has 4 atom stereocenters. The summed E-state index contributed by atoms with van der Waals surface area (Å²) in [5, 5.41) is 9.06. The van der Waals surface area contributed by atoms with E-state index in [1.54, 1.807) is 0 Å². The van der Waals surface area contributed by atoms with Crippen LogP contribution in [0.15, 0.2) is 23.3 Å². The van der Waals surface area contributed by atoms with Gasteiger partial charge in [0.2, 0.25) is 0 Å². The van der Waals surface area contributed by atoms with Crippen LogP contribution in [0, 0.1) is 22.7 Å². The summed E-state index contributed by atoms with van der Waals surface area (Å²) in [6.07, 6.45) is 12.1. The average Bonchev–Trinajstić information content (AvgIpc) is 2.48. The van der Waals surface area contributed by atoms with E-state index >= 15 is 0 Å². The standard InChI is InChI=1S/C20H32O2/c1-15(10-13-21)8-11-20(4)17(14-22)9-12-19(3)16(2)6-5-7-18(19)20/h6,10,14,17-18,21H,5,7-9,11-13H2,1-4H3. The van der Waals surface area contributed by atoms with Crippen LogP contribution in [0.2, 0.25) is 0 Å². The number of fused-ring (bicyclic) bond motifs is 1. The van der Waals surface area contributed by atoms with Crippen molar-refractivity contribution in [3.05, 3.63) is 23.3 Å². The van der Waals surface area contributed by atoms with Crippen LogP contribution in [-0.4, -0.2) is 18.0 Å². The smallest absolute Gasteiger partial charge is 0.123 e. The number of allylic oxidation sites excluding steroid dienone is 3. The maximum atomic E-state index is 11.7. The fourth-order valence-corrected chi connectivity index (χ4v) is 5.07. The second-order valence-corrected chi connectivity index (χ2v) is 7.95. The van der Waals surface area contributed by atoms with Gasteiger partial charge in [0, 0.05) is 5.92 Å². The lowest BCUT2D eigenvalue weighted by atomic mass is 9.47. The first-order valence-electron chi connectivity index (χ1n) is 8.77. The predicted octanol–water partition coefficient (Wildman–Crippen LogP) is 4.68. The highest BCUT2D eigenvalue weighted by atomic mass is 16.2. The zero-order chi connectivity index (χ0) is 16.4. The van der Waals surface area contributed by atoms with E-state index < -0.39 is 0 Å². The topological polar surface area (TPSA) is 37.3 Å². The first kappa shape index (κ1) is 17.5. The van der Waals surface area contributed by atoms with Gasteiger partial charge >= 0.3 is 0 Å². The Hall–Kier alpha value is -0.890. The van der Waals surface area contributed by atoms with Crippen LogP contribution in [0.4, 0.5) is 0 Å². The van der Waals surface area contributed by atoms with Gasteiger partial charge in [-0.3, -0.25) is 0 Å². The number of carbonyl (C=O) groups excluding carboxylic acids is 1. The van der Waals surface area contributed by atoms with E-state index in [4.69, 9.17) is 5.11 Å². The second-order valence-electron chi connectivity index (χ2n) is 7.95. The number of aliphatic hydroxyl groups is 1. The number of aldehydes is 1. The predicted molar refractivity (Wildman–Crippen MR) is 91.6 cm³/mol. The van der Waals surface area contributed by atoms with Gasteiger partial charge in [0.15, 0.2) is 0 Å². The third-order valence-electron chi connectivity index (χ3n) is 6.86. The summed E-state index contributed by atoms with van der Waals surface area (Å²) in [6, 6.07) is 0. The number of hydrogen-bond donors (Lipinski definition) is 1. The molecule has 0 aromatic rings. The van der Waals surface area contributed by atoms with Crippen LogP contribution in [0.3, 0.4) is 0 Å². The molecule has 0 amide bonds. The van der Waals surface area contributed by atoms with Gasteiger partial charge in [-0.1, -0.05) is 37.1 Å². The minimum absolute atomic E-state index is 0.0782. The zero-order valence-electron chi connectivity index (χ0n) is 14.7. The Bertz CT molecular complexity index is 476. The quantitative estimate of drug-likeness (QED) is 0.591. The molecule has 0 radical (unpaired) electrons. The third kappa shape index (κ3) is 2.95. The van der Waals surface area contributed by atoms with E-state index in [-0.39, 0.29) is 23.4 Å². The van der Waals surface area contributed by atoms with Gasteiger partial charge in [0.1, 0.15) is 6.29 Å². The lowest BCUT2D eigenvalue weighted by Gasteiger charge is -2.57. The van der Waals surface area contributed by atoms with Crippen LogP contribution < -0.4 is 0 Å². The number of aliphatic hydroxyl groups excluding tert-OH is 1. The Morgan fingerprint density at radius 2 is 2.14 bits per heavy atom. The molecule has 2 nitrogen and oxygen atoms in total. The van der Waals surface area contributed by atoms with Gasteiger partial charge in [-0.05, 0) is 69.1 Å². The molecular formula is C20H32O2. The number of rotatable bonds is 5. The van der Waals surface area contributed by atoms with Crippen LogP contribution in [-0.2, 0) is 4.79 Å². The molecule has 2 heteroatoms. The minimum Gasteiger partial charge on any atom is -0.392 e. The van der Waals surface area contributed by atoms with Crippen molar-refractivity contribution in [1.82, 2.24) is 0 Å². The SMILES string of the molecule is CC(=CCO)CCC1(C)C(C=O)CCC2(C)C(C)=CCCC21. The molecular weight excluding hydrogens is 272 g/mol. The van der Waals surface area contributed by atoms with E-state index in [0.29, 0.717) is 5.92 Å². The Balaban J connectivity index is 2.29.